The van der Waals surface area contributed by atoms with E-state index in [0.29, 0.717) is 18.2 Å². The Balaban J connectivity index is 2.09. The van der Waals surface area contributed by atoms with Crippen molar-refractivity contribution in [3.05, 3.63) is 23.1 Å². The normalized spacial score (nSPS) is 23.9. The highest BCUT2D eigenvalue weighted by Gasteiger charge is 2.32. The minimum absolute atomic E-state index is 0.123. The molecule has 2 rings (SSSR count). The molecule has 17 heavy (non-hydrogen) atoms. The molecule has 5 heteroatoms. The average Bonchev–Trinajstić information content (AvgIpc) is 2.95. The fourth-order valence-corrected chi connectivity index (χ4v) is 2.70. The molecule has 2 unspecified atom stereocenters. The van der Waals surface area contributed by atoms with Crippen LogP contribution in [0.25, 0.3) is 0 Å². The van der Waals surface area contributed by atoms with Crippen LogP contribution in [0.2, 0.25) is 5.22 Å². The summed E-state index contributed by atoms with van der Waals surface area (Å²) in [6, 6.07) is 3.40. The van der Waals surface area contributed by atoms with Crippen molar-refractivity contribution in [2.45, 2.75) is 25.3 Å². The van der Waals surface area contributed by atoms with Gasteiger partial charge < -0.3 is 15.1 Å². The molecule has 1 heterocycles. The van der Waals surface area contributed by atoms with Gasteiger partial charge >= 0.3 is 0 Å². The molecule has 1 fully saturated rings. The predicted octanol–water partition coefficient (Wildman–Crippen LogP) is 2.13. The monoisotopic (exact) mass is 256 g/mol. The van der Waals surface area contributed by atoms with Crippen LogP contribution in [-0.2, 0) is 0 Å². The highest BCUT2D eigenvalue weighted by Crippen LogP contribution is 2.29. The van der Waals surface area contributed by atoms with Crippen molar-refractivity contribution in [2.75, 3.05) is 13.6 Å². The second kappa shape index (κ2) is 5.10. The van der Waals surface area contributed by atoms with Crippen LogP contribution in [0.4, 0.5) is 0 Å². The molecule has 0 aliphatic heterocycles. The Labute approximate surface area is 106 Å². The van der Waals surface area contributed by atoms with E-state index in [2.05, 4.69) is 0 Å². The SMILES string of the molecule is CN(C(=O)c1ccc(Cl)o1)C1CCCC1CN. The van der Waals surface area contributed by atoms with Gasteiger partial charge in [-0.2, -0.15) is 0 Å². The molecule has 1 aliphatic rings. The lowest BCUT2D eigenvalue weighted by molar-refractivity contribution is 0.0668. The first-order chi connectivity index (χ1) is 8.13. The smallest absolute Gasteiger partial charge is 0.289 e. The number of hydrogen-bond acceptors (Lipinski definition) is 3. The third kappa shape index (κ3) is 2.48. The van der Waals surface area contributed by atoms with Crippen molar-refractivity contribution >= 4 is 17.5 Å². The van der Waals surface area contributed by atoms with Crippen molar-refractivity contribution in [2.24, 2.45) is 11.7 Å². The van der Waals surface area contributed by atoms with E-state index in [9.17, 15) is 4.79 Å². The molecule has 2 N–H and O–H groups in total. The number of nitrogens with zero attached hydrogens (tertiary/aromatic N) is 1. The Morgan fingerprint density at radius 1 is 1.59 bits per heavy atom. The maximum Gasteiger partial charge on any atom is 0.289 e. The van der Waals surface area contributed by atoms with Crippen molar-refractivity contribution in [3.63, 3.8) is 0 Å². The van der Waals surface area contributed by atoms with Crippen LogP contribution in [0.5, 0.6) is 0 Å². The van der Waals surface area contributed by atoms with Gasteiger partial charge in [0, 0.05) is 13.1 Å². The highest BCUT2D eigenvalue weighted by atomic mass is 35.5. The first kappa shape index (κ1) is 12.5. The number of carbonyl (C=O) groups is 1. The van der Waals surface area contributed by atoms with Gasteiger partial charge in [-0.05, 0) is 49.0 Å². The Kier molecular flexibility index (Phi) is 3.74. The minimum Gasteiger partial charge on any atom is -0.440 e. The summed E-state index contributed by atoms with van der Waals surface area (Å²) in [5, 5.41) is 0.239. The first-order valence-electron chi connectivity index (χ1n) is 5.86. The molecule has 1 aliphatic carbocycles. The molecule has 4 nitrogen and oxygen atoms in total. The predicted molar refractivity (Wildman–Crippen MR) is 66.0 cm³/mol. The zero-order valence-corrected chi connectivity index (χ0v) is 10.6. The molecule has 1 saturated carbocycles. The van der Waals surface area contributed by atoms with Gasteiger partial charge in [-0.3, -0.25) is 4.79 Å². The zero-order valence-electron chi connectivity index (χ0n) is 9.86. The fraction of sp³-hybridized carbons (Fsp3) is 0.583. The van der Waals surface area contributed by atoms with Crippen LogP contribution in [-0.4, -0.2) is 30.4 Å². The lowest BCUT2D eigenvalue weighted by Gasteiger charge is -2.28. The third-order valence-electron chi connectivity index (χ3n) is 3.52. The average molecular weight is 257 g/mol. The number of halogens is 1. The summed E-state index contributed by atoms with van der Waals surface area (Å²) in [5.41, 5.74) is 5.72. The van der Waals surface area contributed by atoms with Gasteiger partial charge in [0.25, 0.3) is 5.91 Å². The summed E-state index contributed by atoms with van der Waals surface area (Å²) >= 11 is 5.67. The van der Waals surface area contributed by atoms with Crippen LogP contribution in [0.1, 0.15) is 29.8 Å². The zero-order chi connectivity index (χ0) is 12.4. The molecule has 2 atom stereocenters. The van der Waals surface area contributed by atoms with Crippen molar-refractivity contribution in [3.8, 4) is 0 Å². The van der Waals surface area contributed by atoms with E-state index < -0.39 is 0 Å². The molecule has 94 valence electrons. The molecule has 0 aromatic carbocycles. The van der Waals surface area contributed by atoms with Crippen LogP contribution in [0.15, 0.2) is 16.5 Å². The van der Waals surface area contributed by atoms with E-state index in [1.807, 2.05) is 0 Å². The molecule has 0 saturated heterocycles. The van der Waals surface area contributed by atoms with E-state index in [0.717, 1.165) is 19.3 Å². The summed E-state index contributed by atoms with van der Waals surface area (Å²) in [7, 11) is 1.80. The summed E-state index contributed by atoms with van der Waals surface area (Å²) in [5.74, 6) is 0.566. The topological polar surface area (TPSA) is 59.5 Å². The van der Waals surface area contributed by atoms with Gasteiger partial charge in [-0.1, -0.05) is 6.42 Å². The molecular formula is C12H17ClN2O2. The highest BCUT2D eigenvalue weighted by molar-refractivity contribution is 6.29. The number of nitrogens with two attached hydrogens (primary N) is 1. The number of carbonyl (C=O) groups excluding carboxylic acids is 1. The van der Waals surface area contributed by atoms with Crippen LogP contribution >= 0.6 is 11.6 Å². The Bertz CT molecular complexity index is 405. The van der Waals surface area contributed by atoms with Gasteiger partial charge in [0.15, 0.2) is 11.0 Å². The molecule has 0 radical (unpaired) electrons. The molecular weight excluding hydrogens is 240 g/mol. The molecule has 1 amide bonds. The van der Waals surface area contributed by atoms with E-state index >= 15 is 0 Å². The largest absolute Gasteiger partial charge is 0.440 e. The Morgan fingerprint density at radius 3 is 2.94 bits per heavy atom. The Hall–Kier alpha value is -1.00. The lowest BCUT2D eigenvalue weighted by atomic mass is 10.0. The number of rotatable bonds is 3. The van der Waals surface area contributed by atoms with Crippen LogP contribution < -0.4 is 5.73 Å². The van der Waals surface area contributed by atoms with Crippen LogP contribution in [0, 0.1) is 5.92 Å². The second-order valence-corrected chi connectivity index (χ2v) is 4.89. The summed E-state index contributed by atoms with van der Waals surface area (Å²) in [4.78, 5) is 13.9. The summed E-state index contributed by atoms with van der Waals surface area (Å²) in [6.45, 7) is 0.626. The van der Waals surface area contributed by atoms with E-state index in [4.69, 9.17) is 21.8 Å². The summed E-state index contributed by atoms with van der Waals surface area (Å²) < 4.78 is 5.14. The Morgan fingerprint density at radius 2 is 2.35 bits per heavy atom. The van der Waals surface area contributed by atoms with Crippen LogP contribution in [0.3, 0.4) is 0 Å². The molecule has 1 aromatic rings. The van der Waals surface area contributed by atoms with Gasteiger partial charge in [0.05, 0.1) is 0 Å². The maximum absolute atomic E-state index is 12.1. The number of amides is 1. The molecule has 1 aromatic heterocycles. The van der Waals surface area contributed by atoms with Gasteiger partial charge in [0.1, 0.15) is 0 Å². The van der Waals surface area contributed by atoms with Crippen molar-refractivity contribution < 1.29 is 9.21 Å². The van der Waals surface area contributed by atoms with E-state index in [1.54, 1.807) is 24.1 Å². The van der Waals surface area contributed by atoms with Gasteiger partial charge in [-0.25, -0.2) is 0 Å². The van der Waals surface area contributed by atoms with Crippen molar-refractivity contribution in [1.29, 1.82) is 0 Å². The molecule has 0 bridgehead atoms. The molecule has 0 spiro atoms. The van der Waals surface area contributed by atoms with Gasteiger partial charge in [0.2, 0.25) is 0 Å². The second-order valence-electron chi connectivity index (χ2n) is 4.51. The quantitative estimate of drug-likeness (QED) is 0.901. The first-order valence-corrected chi connectivity index (χ1v) is 6.24. The fourth-order valence-electron chi connectivity index (χ4n) is 2.56. The number of furan rings is 1. The maximum atomic E-state index is 12.1. The lowest BCUT2D eigenvalue weighted by Crippen LogP contribution is -2.41. The van der Waals surface area contributed by atoms with E-state index in [-0.39, 0.29) is 17.2 Å². The van der Waals surface area contributed by atoms with Crippen molar-refractivity contribution in [1.82, 2.24) is 4.90 Å². The third-order valence-corrected chi connectivity index (χ3v) is 3.73. The number of hydrogen-bond donors (Lipinski definition) is 1. The van der Waals surface area contributed by atoms with Gasteiger partial charge in [-0.15, -0.1) is 0 Å². The van der Waals surface area contributed by atoms with E-state index in [1.165, 1.54) is 0 Å². The summed E-state index contributed by atoms with van der Waals surface area (Å²) in [6.07, 6.45) is 3.24. The standard InChI is InChI=1S/C12H17ClN2O2/c1-15(9-4-2-3-8(9)7-14)12(16)10-5-6-11(13)17-10/h5-6,8-9H,2-4,7,14H2,1H3. The minimum atomic E-state index is -0.123.